The number of nitrogens with one attached hydrogen (secondary N) is 1. The Hall–Kier alpha value is -0.0151. The van der Waals surface area contributed by atoms with Gasteiger partial charge in [0.05, 0.1) is 0 Å². The van der Waals surface area contributed by atoms with Gasteiger partial charge >= 0.3 is 0 Å². The van der Waals surface area contributed by atoms with Gasteiger partial charge in [-0.25, -0.2) is 0 Å². The van der Waals surface area contributed by atoms with Crippen molar-refractivity contribution < 1.29 is 5.11 Å². The van der Waals surface area contributed by atoms with Crippen LogP contribution in [0.3, 0.4) is 0 Å². The summed E-state index contributed by atoms with van der Waals surface area (Å²) in [6.45, 7) is 2.33. The molecule has 1 aliphatic rings. The van der Waals surface area contributed by atoms with Crippen molar-refractivity contribution in [3.63, 3.8) is 0 Å². The number of aliphatic hydroxyl groups is 1. The summed E-state index contributed by atoms with van der Waals surface area (Å²) in [5.74, 6) is 0.406. The van der Waals surface area contributed by atoms with E-state index in [0.29, 0.717) is 12.4 Å². The second-order valence-electron chi connectivity index (χ2n) is 2.17. The first-order chi connectivity index (χ1) is 3.93. The van der Waals surface area contributed by atoms with Crippen molar-refractivity contribution >= 4 is 7.28 Å². The Morgan fingerprint density at radius 3 is 3.00 bits per heavy atom. The minimum Gasteiger partial charge on any atom is -0.397 e. The Kier molecular flexibility index (Phi) is 2.37. The minimum atomic E-state index is 0.299. The van der Waals surface area contributed by atoms with Crippen LogP contribution in [0, 0.1) is 0 Å². The molecule has 1 rings (SSSR count). The van der Waals surface area contributed by atoms with Crippen LogP contribution < -0.4 is 5.32 Å². The Morgan fingerprint density at radius 2 is 2.62 bits per heavy atom. The molecule has 3 heteroatoms. The molecule has 2 N–H and O–H groups in total. The Labute approximate surface area is 50.5 Å². The van der Waals surface area contributed by atoms with Gasteiger partial charge in [-0.05, 0) is 18.9 Å². The highest BCUT2D eigenvalue weighted by Gasteiger charge is 2.11. The van der Waals surface area contributed by atoms with Crippen molar-refractivity contribution in [2.45, 2.75) is 12.1 Å². The molecule has 0 amide bonds. The lowest BCUT2D eigenvalue weighted by Gasteiger charge is -2.18. The fourth-order valence-electron chi connectivity index (χ4n) is 0.931. The molecule has 0 bridgehead atoms. The van der Waals surface area contributed by atoms with E-state index < -0.39 is 0 Å². The average Bonchev–Trinajstić information content (AvgIpc) is 1.90. The van der Waals surface area contributed by atoms with E-state index in [9.17, 15) is 0 Å². The van der Waals surface area contributed by atoms with Crippen molar-refractivity contribution in [1.82, 2.24) is 5.32 Å². The van der Waals surface area contributed by atoms with Crippen molar-refractivity contribution in [3.05, 3.63) is 0 Å². The molecular formula is C5H11BNO. The third-order valence-corrected chi connectivity index (χ3v) is 1.46. The van der Waals surface area contributed by atoms with Gasteiger partial charge < -0.3 is 10.4 Å². The van der Waals surface area contributed by atoms with Gasteiger partial charge in [0.15, 0.2) is 0 Å². The Morgan fingerprint density at radius 1 is 1.75 bits per heavy atom. The summed E-state index contributed by atoms with van der Waals surface area (Å²) in [5.41, 5.74) is 0. The number of hydrogen-bond acceptors (Lipinski definition) is 2. The van der Waals surface area contributed by atoms with Crippen LogP contribution >= 0.6 is 0 Å². The quantitative estimate of drug-likeness (QED) is 0.448. The highest BCUT2D eigenvalue weighted by atomic mass is 16.3. The smallest absolute Gasteiger partial charge is 0.119 e. The zero-order valence-corrected chi connectivity index (χ0v) is 4.93. The van der Waals surface area contributed by atoms with Crippen molar-refractivity contribution in [2.75, 3.05) is 19.7 Å². The topological polar surface area (TPSA) is 32.3 Å². The van der Waals surface area contributed by atoms with Gasteiger partial charge in [0, 0.05) is 6.61 Å². The van der Waals surface area contributed by atoms with Gasteiger partial charge in [0.2, 0.25) is 0 Å². The van der Waals surface area contributed by atoms with E-state index in [-0.39, 0.29) is 0 Å². The summed E-state index contributed by atoms with van der Waals surface area (Å²) in [6.07, 6.45) is 1.10. The van der Waals surface area contributed by atoms with Gasteiger partial charge in [-0.15, -0.1) is 0 Å². The maximum absolute atomic E-state index is 8.62. The molecule has 0 aromatic heterocycles. The van der Waals surface area contributed by atoms with E-state index in [1.54, 1.807) is 0 Å². The lowest BCUT2D eigenvalue weighted by atomic mass is 9.60. The van der Waals surface area contributed by atoms with Gasteiger partial charge in [0.25, 0.3) is 0 Å². The molecule has 0 aromatic rings. The van der Waals surface area contributed by atoms with E-state index in [1.807, 2.05) is 0 Å². The minimum absolute atomic E-state index is 0.299. The van der Waals surface area contributed by atoms with Crippen LogP contribution in [0.25, 0.3) is 0 Å². The SMILES string of the molecule is OCC1[B]CCNC1. The second-order valence-corrected chi connectivity index (χ2v) is 2.17. The molecule has 45 valence electrons. The van der Waals surface area contributed by atoms with E-state index in [0.717, 1.165) is 19.4 Å². The van der Waals surface area contributed by atoms with Crippen LogP contribution in [0.2, 0.25) is 12.1 Å². The molecule has 1 heterocycles. The molecule has 1 aliphatic heterocycles. The zero-order chi connectivity index (χ0) is 5.82. The number of rotatable bonds is 1. The molecule has 1 atom stereocenters. The van der Waals surface area contributed by atoms with Gasteiger partial charge in [-0.2, -0.15) is 0 Å². The predicted octanol–water partition coefficient (Wildman–Crippen LogP) is -0.507. The summed E-state index contributed by atoms with van der Waals surface area (Å²) in [6, 6.07) is 0. The molecule has 1 radical (unpaired) electrons. The maximum atomic E-state index is 8.62. The molecule has 0 saturated carbocycles. The van der Waals surface area contributed by atoms with E-state index in [1.165, 1.54) is 0 Å². The molecular weight excluding hydrogens is 101 g/mol. The van der Waals surface area contributed by atoms with E-state index in [4.69, 9.17) is 5.11 Å². The van der Waals surface area contributed by atoms with Crippen LogP contribution in [0.4, 0.5) is 0 Å². The van der Waals surface area contributed by atoms with Crippen molar-refractivity contribution in [3.8, 4) is 0 Å². The van der Waals surface area contributed by atoms with Crippen LogP contribution in [-0.2, 0) is 0 Å². The Bertz CT molecular complexity index is 63.4. The predicted molar refractivity (Wildman–Crippen MR) is 34.3 cm³/mol. The van der Waals surface area contributed by atoms with Crippen LogP contribution in [0.15, 0.2) is 0 Å². The lowest BCUT2D eigenvalue weighted by Crippen LogP contribution is -2.32. The molecule has 1 unspecified atom stereocenters. The van der Waals surface area contributed by atoms with Crippen LogP contribution in [-0.4, -0.2) is 32.1 Å². The van der Waals surface area contributed by atoms with Crippen LogP contribution in [0.1, 0.15) is 0 Å². The first kappa shape index (κ1) is 6.11. The molecule has 2 nitrogen and oxygen atoms in total. The fourth-order valence-corrected chi connectivity index (χ4v) is 0.931. The third-order valence-electron chi connectivity index (χ3n) is 1.46. The highest BCUT2D eigenvalue weighted by molar-refractivity contribution is 6.38. The summed E-state index contributed by atoms with van der Waals surface area (Å²) in [7, 11) is 2.18. The summed E-state index contributed by atoms with van der Waals surface area (Å²) < 4.78 is 0. The molecule has 0 aromatic carbocycles. The normalized spacial score (nSPS) is 29.4. The second kappa shape index (κ2) is 3.10. The van der Waals surface area contributed by atoms with Gasteiger partial charge in [0.1, 0.15) is 7.28 Å². The van der Waals surface area contributed by atoms with E-state index in [2.05, 4.69) is 12.6 Å². The largest absolute Gasteiger partial charge is 0.397 e. The third kappa shape index (κ3) is 1.49. The van der Waals surface area contributed by atoms with Crippen molar-refractivity contribution in [2.24, 2.45) is 0 Å². The fraction of sp³-hybridized carbons (Fsp3) is 1.00. The molecule has 1 fully saturated rings. The zero-order valence-electron chi connectivity index (χ0n) is 4.93. The molecule has 0 aliphatic carbocycles. The number of aliphatic hydroxyl groups excluding tert-OH is 1. The molecule has 0 spiro atoms. The highest BCUT2D eigenvalue weighted by Crippen LogP contribution is 2.05. The standard InChI is InChI=1S/C5H11BNO/c8-4-5-3-7-2-1-6-5/h5,7-8H,1-4H2. The summed E-state index contributed by atoms with van der Waals surface area (Å²) >= 11 is 0. The molecule has 8 heavy (non-hydrogen) atoms. The Balaban J connectivity index is 2.13. The first-order valence-corrected chi connectivity index (χ1v) is 3.08. The van der Waals surface area contributed by atoms with Gasteiger partial charge in [-0.1, -0.05) is 6.32 Å². The molecule has 1 saturated heterocycles. The first-order valence-electron chi connectivity index (χ1n) is 3.08. The summed E-state index contributed by atoms with van der Waals surface area (Å²) in [5, 5.41) is 11.8. The lowest BCUT2D eigenvalue weighted by molar-refractivity contribution is 0.283. The van der Waals surface area contributed by atoms with Crippen LogP contribution in [0.5, 0.6) is 0 Å². The van der Waals surface area contributed by atoms with Crippen molar-refractivity contribution in [1.29, 1.82) is 0 Å². The number of hydrogen-bond donors (Lipinski definition) is 2. The van der Waals surface area contributed by atoms with Gasteiger partial charge in [-0.3, -0.25) is 0 Å². The van der Waals surface area contributed by atoms with E-state index >= 15 is 0 Å². The monoisotopic (exact) mass is 112 g/mol. The average molecular weight is 112 g/mol. The summed E-state index contributed by atoms with van der Waals surface area (Å²) in [4.78, 5) is 0. The maximum Gasteiger partial charge on any atom is 0.119 e.